The van der Waals surface area contributed by atoms with Crippen molar-refractivity contribution in [3.05, 3.63) is 34.9 Å². The number of hydrogen-bond donors (Lipinski definition) is 0. The first kappa shape index (κ1) is 11.8. The lowest BCUT2D eigenvalue weighted by Gasteiger charge is -2.37. The fourth-order valence-electron chi connectivity index (χ4n) is 2.61. The molecule has 1 aliphatic carbocycles. The molecule has 0 aliphatic heterocycles. The number of alkyl halides is 2. The molecule has 0 amide bonds. The zero-order valence-corrected chi connectivity index (χ0v) is 9.81. The molecule has 0 nitrogen and oxygen atoms in total. The summed E-state index contributed by atoms with van der Waals surface area (Å²) < 4.78 is 26.7. The van der Waals surface area contributed by atoms with Crippen LogP contribution in [-0.4, -0.2) is 6.43 Å². The largest absolute Gasteiger partial charge is 0.248 e. The summed E-state index contributed by atoms with van der Waals surface area (Å²) in [6.07, 6.45) is 1.69. The molecule has 1 saturated carbocycles. The number of rotatable bonds is 2. The predicted octanol–water partition coefficient (Wildman–Crippen LogP) is 4.81. The van der Waals surface area contributed by atoms with Gasteiger partial charge in [0.25, 0.3) is 0 Å². The van der Waals surface area contributed by atoms with Crippen LogP contribution in [0.4, 0.5) is 8.78 Å². The standard InChI is InChI=1S/C13H15ClF2/c14-11-6-4-5-10(9-11)13(12(15)16)7-2-1-3-8-13/h4-6,9,12H,1-3,7-8H2. The summed E-state index contributed by atoms with van der Waals surface area (Å²) in [6, 6.07) is 6.96. The van der Waals surface area contributed by atoms with Crippen molar-refractivity contribution in [3.63, 3.8) is 0 Å². The van der Waals surface area contributed by atoms with Crippen molar-refractivity contribution in [2.45, 2.75) is 43.9 Å². The monoisotopic (exact) mass is 244 g/mol. The Morgan fingerprint density at radius 3 is 2.38 bits per heavy atom. The number of halogens is 3. The molecule has 2 rings (SSSR count). The fourth-order valence-corrected chi connectivity index (χ4v) is 2.80. The second kappa shape index (κ2) is 4.70. The van der Waals surface area contributed by atoms with Crippen LogP contribution in [0.1, 0.15) is 37.7 Å². The Hall–Kier alpha value is -0.630. The van der Waals surface area contributed by atoms with Gasteiger partial charge in [-0.1, -0.05) is 43.0 Å². The Morgan fingerprint density at radius 1 is 1.12 bits per heavy atom. The molecule has 0 bridgehead atoms. The highest BCUT2D eigenvalue weighted by atomic mass is 35.5. The molecule has 0 unspecified atom stereocenters. The summed E-state index contributed by atoms with van der Waals surface area (Å²) in [4.78, 5) is 0. The minimum Gasteiger partial charge on any atom is -0.210 e. The minimum absolute atomic E-state index is 0.545. The number of hydrogen-bond acceptors (Lipinski definition) is 0. The van der Waals surface area contributed by atoms with Crippen molar-refractivity contribution in [1.29, 1.82) is 0 Å². The lowest BCUT2D eigenvalue weighted by molar-refractivity contribution is 0.0254. The molecule has 0 heterocycles. The zero-order valence-electron chi connectivity index (χ0n) is 9.06. The zero-order chi connectivity index (χ0) is 11.6. The molecule has 1 aromatic carbocycles. The first-order valence-corrected chi connectivity index (χ1v) is 6.07. The molecular formula is C13H15ClF2. The van der Waals surface area contributed by atoms with Gasteiger partial charge in [-0.15, -0.1) is 0 Å². The van der Waals surface area contributed by atoms with E-state index < -0.39 is 11.8 Å². The summed E-state index contributed by atoms with van der Waals surface area (Å²) >= 11 is 5.89. The summed E-state index contributed by atoms with van der Waals surface area (Å²) in [7, 11) is 0. The van der Waals surface area contributed by atoms with E-state index in [4.69, 9.17) is 11.6 Å². The van der Waals surface area contributed by atoms with Crippen LogP contribution in [0.15, 0.2) is 24.3 Å². The van der Waals surface area contributed by atoms with Gasteiger partial charge in [0.2, 0.25) is 6.43 Å². The smallest absolute Gasteiger partial charge is 0.210 e. The van der Waals surface area contributed by atoms with Crippen LogP contribution in [0.5, 0.6) is 0 Å². The van der Waals surface area contributed by atoms with E-state index in [1.54, 1.807) is 24.3 Å². The van der Waals surface area contributed by atoms with E-state index in [9.17, 15) is 8.78 Å². The van der Waals surface area contributed by atoms with Crippen LogP contribution in [0, 0.1) is 0 Å². The van der Waals surface area contributed by atoms with Crippen molar-refractivity contribution in [1.82, 2.24) is 0 Å². The molecule has 0 radical (unpaired) electrons. The third-order valence-corrected chi connectivity index (χ3v) is 3.80. The van der Waals surface area contributed by atoms with Crippen LogP contribution in [0.25, 0.3) is 0 Å². The van der Waals surface area contributed by atoms with Crippen LogP contribution in [0.2, 0.25) is 5.02 Å². The maximum absolute atomic E-state index is 13.3. The molecule has 0 aromatic heterocycles. The lowest BCUT2D eigenvalue weighted by Crippen LogP contribution is -2.36. The molecule has 3 heteroatoms. The van der Waals surface area contributed by atoms with E-state index >= 15 is 0 Å². The van der Waals surface area contributed by atoms with E-state index in [1.807, 2.05) is 0 Å². The third kappa shape index (κ3) is 2.08. The van der Waals surface area contributed by atoms with Crippen molar-refractivity contribution in [2.75, 3.05) is 0 Å². The SMILES string of the molecule is FC(F)C1(c2cccc(Cl)c2)CCCCC1. The normalized spacial score (nSPS) is 20.0. The van der Waals surface area contributed by atoms with Gasteiger partial charge in [-0.3, -0.25) is 0 Å². The molecular weight excluding hydrogens is 230 g/mol. The van der Waals surface area contributed by atoms with Gasteiger partial charge >= 0.3 is 0 Å². The maximum Gasteiger partial charge on any atom is 0.248 e. The van der Waals surface area contributed by atoms with Crippen molar-refractivity contribution in [3.8, 4) is 0 Å². The maximum atomic E-state index is 13.3. The van der Waals surface area contributed by atoms with E-state index in [0.29, 0.717) is 23.4 Å². The molecule has 1 fully saturated rings. The second-order valence-electron chi connectivity index (χ2n) is 4.53. The Morgan fingerprint density at radius 2 is 1.81 bits per heavy atom. The Balaban J connectivity index is 2.38. The molecule has 0 atom stereocenters. The highest BCUT2D eigenvalue weighted by Gasteiger charge is 2.42. The van der Waals surface area contributed by atoms with E-state index in [2.05, 4.69) is 0 Å². The minimum atomic E-state index is -2.30. The molecule has 1 aromatic rings. The van der Waals surface area contributed by atoms with Gasteiger partial charge in [0, 0.05) is 5.02 Å². The van der Waals surface area contributed by atoms with Gasteiger partial charge in [0.1, 0.15) is 0 Å². The first-order valence-electron chi connectivity index (χ1n) is 5.69. The average molecular weight is 245 g/mol. The fraction of sp³-hybridized carbons (Fsp3) is 0.538. The van der Waals surface area contributed by atoms with Gasteiger partial charge in [0.05, 0.1) is 5.41 Å². The predicted molar refractivity (Wildman–Crippen MR) is 62.2 cm³/mol. The summed E-state index contributed by atoms with van der Waals surface area (Å²) in [6.45, 7) is 0. The molecule has 0 saturated heterocycles. The van der Waals surface area contributed by atoms with E-state index in [0.717, 1.165) is 19.3 Å². The summed E-state index contributed by atoms with van der Waals surface area (Å²) in [5.41, 5.74) is -0.252. The number of benzene rings is 1. The molecule has 1 aliphatic rings. The third-order valence-electron chi connectivity index (χ3n) is 3.56. The Labute approximate surface area is 99.6 Å². The Bertz CT molecular complexity index is 357. The van der Waals surface area contributed by atoms with Crippen molar-refractivity contribution < 1.29 is 8.78 Å². The Kier molecular flexibility index (Phi) is 3.48. The van der Waals surface area contributed by atoms with Crippen LogP contribution in [0.3, 0.4) is 0 Å². The summed E-state index contributed by atoms with van der Waals surface area (Å²) in [5.74, 6) is 0. The summed E-state index contributed by atoms with van der Waals surface area (Å²) in [5, 5.41) is 0.545. The van der Waals surface area contributed by atoms with Gasteiger partial charge in [-0.05, 0) is 30.5 Å². The topological polar surface area (TPSA) is 0 Å². The molecule has 16 heavy (non-hydrogen) atoms. The quantitative estimate of drug-likeness (QED) is 0.701. The average Bonchev–Trinajstić information content (AvgIpc) is 2.30. The van der Waals surface area contributed by atoms with Crippen LogP contribution < -0.4 is 0 Å². The second-order valence-corrected chi connectivity index (χ2v) is 4.96. The van der Waals surface area contributed by atoms with Gasteiger partial charge in [-0.25, -0.2) is 8.78 Å². The van der Waals surface area contributed by atoms with Gasteiger partial charge in [0.15, 0.2) is 0 Å². The molecule has 88 valence electrons. The van der Waals surface area contributed by atoms with E-state index in [1.165, 1.54) is 0 Å². The van der Waals surface area contributed by atoms with Crippen LogP contribution >= 0.6 is 11.6 Å². The van der Waals surface area contributed by atoms with Crippen molar-refractivity contribution in [2.24, 2.45) is 0 Å². The van der Waals surface area contributed by atoms with Gasteiger partial charge in [-0.2, -0.15) is 0 Å². The van der Waals surface area contributed by atoms with Crippen LogP contribution in [-0.2, 0) is 5.41 Å². The molecule has 0 spiro atoms. The highest BCUT2D eigenvalue weighted by Crippen LogP contribution is 2.44. The highest BCUT2D eigenvalue weighted by molar-refractivity contribution is 6.30. The lowest BCUT2D eigenvalue weighted by atomic mass is 9.69. The van der Waals surface area contributed by atoms with E-state index in [-0.39, 0.29) is 0 Å². The first-order chi connectivity index (χ1) is 7.65. The van der Waals surface area contributed by atoms with Crippen molar-refractivity contribution >= 4 is 11.6 Å². The van der Waals surface area contributed by atoms with Gasteiger partial charge < -0.3 is 0 Å². The molecule has 0 N–H and O–H groups in total.